The molecular weight excluding hydrogens is 428 g/mol. The van der Waals surface area contributed by atoms with Gasteiger partial charge in [-0.15, -0.1) is 0 Å². The lowest BCUT2D eigenvalue weighted by Gasteiger charge is -2.16. The van der Waals surface area contributed by atoms with Gasteiger partial charge in [-0.3, -0.25) is 0 Å². The molecule has 0 saturated carbocycles. The molecule has 0 aromatic heterocycles. The minimum atomic E-state index is 0.337. The Bertz CT molecular complexity index is 900. The van der Waals surface area contributed by atoms with Crippen molar-refractivity contribution in [3.63, 3.8) is 0 Å². The molecule has 0 bridgehead atoms. The molecule has 0 atom stereocenters. The van der Waals surface area contributed by atoms with E-state index in [1.807, 2.05) is 12.1 Å². The Hall–Kier alpha value is -2.44. The molecule has 0 fully saturated rings. The minimum Gasteiger partial charge on any atom is -0.493 e. The molecule has 6 heteroatoms. The van der Waals surface area contributed by atoms with Crippen molar-refractivity contribution in [2.75, 3.05) is 40.6 Å². The second-order valence-electron chi connectivity index (χ2n) is 8.67. The SMILES string of the molecule is CCc1c(CCNCCCCCCNCc2ccc3c(c2CC)OCO3)ccc(OC)c1OC. The van der Waals surface area contributed by atoms with Crippen molar-refractivity contribution in [3.8, 4) is 23.0 Å². The third kappa shape index (κ3) is 6.80. The van der Waals surface area contributed by atoms with Gasteiger partial charge in [0.25, 0.3) is 0 Å². The summed E-state index contributed by atoms with van der Waals surface area (Å²) >= 11 is 0. The highest BCUT2D eigenvalue weighted by Gasteiger charge is 2.19. The van der Waals surface area contributed by atoms with Crippen molar-refractivity contribution >= 4 is 0 Å². The van der Waals surface area contributed by atoms with Gasteiger partial charge in [0, 0.05) is 17.7 Å². The highest BCUT2D eigenvalue weighted by atomic mass is 16.7. The van der Waals surface area contributed by atoms with Gasteiger partial charge in [0.15, 0.2) is 23.0 Å². The van der Waals surface area contributed by atoms with Gasteiger partial charge in [-0.25, -0.2) is 0 Å². The summed E-state index contributed by atoms with van der Waals surface area (Å²) in [4.78, 5) is 0. The fraction of sp³-hybridized carbons (Fsp3) is 0.571. The number of fused-ring (bicyclic) bond motifs is 1. The van der Waals surface area contributed by atoms with Gasteiger partial charge in [0.1, 0.15) is 0 Å². The topological polar surface area (TPSA) is 61.0 Å². The van der Waals surface area contributed by atoms with E-state index >= 15 is 0 Å². The molecule has 6 nitrogen and oxygen atoms in total. The second kappa shape index (κ2) is 14.1. The predicted molar refractivity (Wildman–Crippen MR) is 138 cm³/mol. The number of hydrogen-bond donors (Lipinski definition) is 2. The van der Waals surface area contributed by atoms with Crippen molar-refractivity contribution in [2.45, 2.75) is 65.3 Å². The molecule has 0 saturated heterocycles. The van der Waals surface area contributed by atoms with Crippen molar-refractivity contribution in [2.24, 2.45) is 0 Å². The smallest absolute Gasteiger partial charge is 0.231 e. The molecule has 0 aliphatic carbocycles. The Labute approximate surface area is 205 Å². The number of unbranched alkanes of at least 4 members (excludes halogenated alkanes) is 3. The van der Waals surface area contributed by atoms with Crippen LogP contribution in [0.1, 0.15) is 61.8 Å². The second-order valence-corrected chi connectivity index (χ2v) is 8.67. The van der Waals surface area contributed by atoms with Gasteiger partial charge in [-0.1, -0.05) is 38.8 Å². The monoisotopic (exact) mass is 470 g/mol. The van der Waals surface area contributed by atoms with Crippen molar-refractivity contribution in [3.05, 3.63) is 46.5 Å². The van der Waals surface area contributed by atoms with Crippen LogP contribution in [0.15, 0.2) is 24.3 Å². The zero-order valence-corrected chi connectivity index (χ0v) is 21.4. The normalized spacial score (nSPS) is 12.2. The van der Waals surface area contributed by atoms with Crippen LogP contribution in [0.5, 0.6) is 23.0 Å². The molecular formula is C28H42N2O4. The van der Waals surface area contributed by atoms with Crippen LogP contribution < -0.4 is 29.6 Å². The first-order valence-electron chi connectivity index (χ1n) is 12.8. The molecule has 0 spiro atoms. The summed E-state index contributed by atoms with van der Waals surface area (Å²) in [5, 5.41) is 7.19. The first-order chi connectivity index (χ1) is 16.7. The fourth-order valence-corrected chi connectivity index (χ4v) is 4.70. The summed E-state index contributed by atoms with van der Waals surface area (Å²) in [6.07, 6.45) is 7.85. The molecule has 1 aliphatic heterocycles. The van der Waals surface area contributed by atoms with E-state index in [2.05, 4.69) is 36.6 Å². The summed E-state index contributed by atoms with van der Waals surface area (Å²) in [6.45, 7) is 8.66. The van der Waals surface area contributed by atoms with Crippen LogP contribution in [0.3, 0.4) is 0 Å². The largest absolute Gasteiger partial charge is 0.493 e. The Kier molecular flexibility index (Phi) is 10.8. The summed E-state index contributed by atoms with van der Waals surface area (Å²) in [6, 6.07) is 8.37. The van der Waals surface area contributed by atoms with E-state index in [9.17, 15) is 0 Å². The van der Waals surface area contributed by atoms with Gasteiger partial charge in [-0.2, -0.15) is 0 Å². The van der Waals surface area contributed by atoms with E-state index in [0.717, 1.165) is 68.4 Å². The molecule has 2 aromatic rings. The van der Waals surface area contributed by atoms with Crippen molar-refractivity contribution in [1.29, 1.82) is 0 Å². The summed E-state index contributed by atoms with van der Waals surface area (Å²) in [5.41, 5.74) is 5.18. The van der Waals surface area contributed by atoms with E-state index in [-0.39, 0.29) is 0 Å². The molecule has 0 amide bonds. The molecule has 1 aliphatic rings. The number of rotatable bonds is 16. The molecule has 1 heterocycles. The van der Waals surface area contributed by atoms with Gasteiger partial charge in [-0.05, 0) is 75.0 Å². The van der Waals surface area contributed by atoms with Gasteiger partial charge >= 0.3 is 0 Å². The Morgan fingerprint density at radius 3 is 2.21 bits per heavy atom. The highest BCUT2D eigenvalue weighted by molar-refractivity contribution is 5.52. The molecule has 0 radical (unpaired) electrons. The highest BCUT2D eigenvalue weighted by Crippen LogP contribution is 2.38. The fourth-order valence-electron chi connectivity index (χ4n) is 4.70. The maximum atomic E-state index is 5.65. The van der Waals surface area contributed by atoms with Crippen LogP contribution in [0.4, 0.5) is 0 Å². The molecule has 3 rings (SSSR count). The minimum absolute atomic E-state index is 0.337. The van der Waals surface area contributed by atoms with Crippen LogP contribution in [0, 0.1) is 0 Å². The van der Waals surface area contributed by atoms with Gasteiger partial charge < -0.3 is 29.6 Å². The third-order valence-corrected chi connectivity index (χ3v) is 6.54. The van der Waals surface area contributed by atoms with E-state index in [1.165, 1.54) is 47.9 Å². The molecule has 34 heavy (non-hydrogen) atoms. The average Bonchev–Trinajstić information content (AvgIpc) is 3.35. The lowest BCUT2D eigenvalue weighted by Crippen LogP contribution is -2.19. The number of hydrogen-bond acceptors (Lipinski definition) is 6. The van der Waals surface area contributed by atoms with Gasteiger partial charge in [0.2, 0.25) is 6.79 Å². The standard InChI is InChI=1S/C28H42N2O4/c1-5-23-21(11-13-25(31-3)27(23)32-4)15-18-29-16-9-7-8-10-17-30-19-22-12-14-26-28(24(22)6-2)34-20-33-26/h11-14,29-30H,5-10,15-20H2,1-4H3. The first-order valence-corrected chi connectivity index (χ1v) is 12.8. The zero-order chi connectivity index (χ0) is 24.2. The van der Waals surface area contributed by atoms with Crippen LogP contribution in [-0.4, -0.2) is 40.6 Å². The maximum Gasteiger partial charge on any atom is 0.231 e. The lowest BCUT2D eigenvalue weighted by molar-refractivity contribution is 0.173. The summed E-state index contributed by atoms with van der Waals surface area (Å²) < 4.78 is 22.2. The van der Waals surface area contributed by atoms with E-state index in [1.54, 1.807) is 14.2 Å². The number of ether oxygens (including phenoxy) is 4. The zero-order valence-electron chi connectivity index (χ0n) is 21.4. The molecule has 2 N–H and O–H groups in total. The maximum absolute atomic E-state index is 5.65. The predicted octanol–water partition coefficient (Wildman–Crippen LogP) is 5.04. The Balaban J connectivity index is 1.25. The van der Waals surface area contributed by atoms with Gasteiger partial charge in [0.05, 0.1) is 14.2 Å². The van der Waals surface area contributed by atoms with Crippen LogP contribution in [0.25, 0.3) is 0 Å². The molecule has 0 unspecified atom stereocenters. The lowest BCUT2D eigenvalue weighted by atomic mass is 10.0. The van der Waals surface area contributed by atoms with E-state index in [0.29, 0.717) is 6.79 Å². The van der Waals surface area contributed by atoms with E-state index in [4.69, 9.17) is 18.9 Å². The van der Waals surface area contributed by atoms with Crippen LogP contribution in [0.2, 0.25) is 0 Å². The Morgan fingerprint density at radius 2 is 1.50 bits per heavy atom. The van der Waals surface area contributed by atoms with E-state index < -0.39 is 0 Å². The summed E-state index contributed by atoms with van der Waals surface area (Å²) in [7, 11) is 3.41. The number of methoxy groups -OCH3 is 2. The molecule has 2 aromatic carbocycles. The first kappa shape index (κ1) is 26.2. The Morgan fingerprint density at radius 1 is 0.765 bits per heavy atom. The van der Waals surface area contributed by atoms with Crippen molar-refractivity contribution < 1.29 is 18.9 Å². The van der Waals surface area contributed by atoms with Crippen molar-refractivity contribution in [1.82, 2.24) is 10.6 Å². The van der Waals surface area contributed by atoms with Crippen LogP contribution >= 0.6 is 0 Å². The number of benzene rings is 2. The van der Waals surface area contributed by atoms with Crippen LogP contribution in [-0.2, 0) is 25.8 Å². The summed E-state index contributed by atoms with van der Waals surface area (Å²) in [5.74, 6) is 3.50. The quantitative estimate of drug-likeness (QED) is 0.335. The number of nitrogens with one attached hydrogen (secondary N) is 2. The molecule has 188 valence electrons. The third-order valence-electron chi connectivity index (χ3n) is 6.54. The average molecular weight is 471 g/mol.